The summed E-state index contributed by atoms with van der Waals surface area (Å²) in [6.45, 7) is 2.36. The third kappa shape index (κ3) is 4.67. The van der Waals surface area contributed by atoms with Gasteiger partial charge in [0.2, 0.25) is 0 Å². The molecule has 0 radical (unpaired) electrons. The third-order valence-electron chi connectivity index (χ3n) is 6.03. The Balaban J connectivity index is 1.81. The van der Waals surface area contributed by atoms with E-state index < -0.39 is 6.04 Å². The smallest absolute Gasteiger partial charge is 0.307 e. The van der Waals surface area contributed by atoms with Gasteiger partial charge in [0.1, 0.15) is 6.04 Å². The number of carbonyl (C=O) groups is 2. The molecule has 0 saturated heterocycles. The maximum Gasteiger partial charge on any atom is 0.307 e. The van der Waals surface area contributed by atoms with Gasteiger partial charge in [-0.1, -0.05) is 54.8 Å². The quantitative estimate of drug-likeness (QED) is 0.594. The van der Waals surface area contributed by atoms with E-state index in [-0.39, 0.29) is 30.8 Å². The molecule has 5 nitrogen and oxygen atoms in total. The number of hydrogen-bond donors (Lipinski definition) is 0. The molecular formula is C25H27ClN2O3. The molecule has 162 valence electrons. The number of fused-ring (bicyclic) bond motifs is 1. The lowest BCUT2D eigenvalue weighted by molar-refractivity contribution is -0.142. The third-order valence-corrected chi connectivity index (χ3v) is 6.27. The van der Waals surface area contributed by atoms with Crippen LogP contribution in [0.2, 0.25) is 5.02 Å². The molecule has 1 aliphatic heterocycles. The number of carbonyl (C=O) groups excluding carboxylic acids is 2. The molecule has 0 unspecified atom stereocenters. The van der Waals surface area contributed by atoms with Crippen molar-refractivity contribution in [1.29, 1.82) is 0 Å². The van der Waals surface area contributed by atoms with Crippen LogP contribution in [0.5, 0.6) is 0 Å². The largest absolute Gasteiger partial charge is 0.466 e. The number of ether oxygens (including phenoxy) is 1. The minimum absolute atomic E-state index is 0.0503. The van der Waals surface area contributed by atoms with Gasteiger partial charge in [0.25, 0.3) is 5.91 Å². The molecular weight excluding hydrogens is 412 g/mol. The van der Waals surface area contributed by atoms with Crippen LogP contribution in [0.15, 0.2) is 53.5 Å². The van der Waals surface area contributed by atoms with Crippen LogP contribution >= 0.6 is 11.6 Å². The molecule has 31 heavy (non-hydrogen) atoms. The molecule has 1 aliphatic carbocycles. The summed E-state index contributed by atoms with van der Waals surface area (Å²) in [6, 6.07) is 15.0. The fourth-order valence-electron chi connectivity index (χ4n) is 4.55. The van der Waals surface area contributed by atoms with Crippen molar-refractivity contribution in [2.24, 2.45) is 10.9 Å². The van der Waals surface area contributed by atoms with E-state index in [0.29, 0.717) is 11.6 Å². The SMILES string of the molecule is CCOC(=O)CCN1C(=O)[C@H](C2CCCC2)N=C(c2ccccc2)c2cc(Cl)ccc21. The predicted molar refractivity (Wildman–Crippen MR) is 123 cm³/mol. The van der Waals surface area contributed by atoms with Crippen molar-refractivity contribution in [3.05, 3.63) is 64.7 Å². The first-order valence-electron chi connectivity index (χ1n) is 11.0. The molecule has 1 fully saturated rings. The monoisotopic (exact) mass is 438 g/mol. The van der Waals surface area contributed by atoms with Crippen LogP contribution < -0.4 is 4.90 Å². The van der Waals surface area contributed by atoms with E-state index in [1.165, 1.54) is 0 Å². The maximum absolute atomic E-state index is 13.8. The van der Waals surface area contributed by atoms with E-state index in [2.05, 4.69) is 0 Å². The molecule has 1 atom stereocenters. The van der Waals surface area contributed by atoms with Crippen molar-refractivity contribution in [2.75, 3.05) is 18.1 Å². The fourth-order valence-corrected chi connectivity index (χ4v) is 4.72. The van der Waals surface area contributed by atoms with Gasteiger partial charge < -0.3 is 9.64 Å². The zero-order chi connectivity index (χ0) is 21.8. The summed E-state index contributed by atoms with van der Waals surface area (Å²) >= 11 is 6.37. The zero-order valence-corrected chi connectivity index (χ0v) is 18.5. The van der Waals surface area contributed by atoms with Gasteiger partial charge in [-0.3, -0.25) is 14.6 Å². The van der Waals surface area contributed by atoms with Crippen molar-refractivity contribution in [2.45, 2.75) is 45.1 Å². The molecule has 2 aliphatic rings. The summed E-state index contributed by atoms with van der Waals surface area (Å²) in [4.78, 5) is 32.6. The molecule has 6 heteroatoms. The van der Waals surface area contributed by atoms with Gasteiger partial charge in [-0.25, -0.2) is 0 Å². The molecule has 0 N–H and O–H groups in total. The Morgan fingerprint density at radius 1 is 1.16 bits per heavy atom. The minimum atomic E-state index is -0.467. The maximum atomic E-state index is 13.8. The minimum Gasteiger partial charge on any atom is -0.466 e. The number of rotatable bonds is 6. The van der Waals surface area contributed by atoms with Gasteiger partial charge in [0.05, 0.1) is 24.4 Å². The first-order valence-corrected chi connectivity index (χ1v) is 11.4. The average molecular weight is 439 g/mol. The molecule has 2 aromatic carbocycles. The van der Waals surface area contributed by atoms with E-state index in [1.54, 1.807) is 17.9 Å². The van der Waals surface area contributed by atoms with Gasteiger partial charge in [0.15, 0.2) is 0 Å². The Labute approximate surface area is 188 Å². The predicted octanol–water partition coefficient (Wildman–Crippen LogP) is 5.04. The number of amides is 1. The second-order valence-electron chi connectivity index (χ2n) is 8.04. The zero-order valence-electron chi connectivity index (χ0n) is 17.7. The van der Waals surface area contributed by atoms with Crippen molar-refractivity contribution in [3.63, 3.8) is 0 Å². The number of benzene rings is 2. The number of aliphatic imine (C=N–C) groups is 1. The van der Waals surface area contributed by atoms with Crippen molar-refractivity contribution < 1.29 is 14.3 Å². The summed E-state index contributed by atoms with van der Waals surface area (Å²) in [5.41, 5.74) is 3.29. The molecule has 0 aromatic heterocycles. The van der Waals surface area contributed by atoms with E-state index in [0.717, 1.165) is 48.2 Å². The lowest BCUT2D eigenvalue weighted by Crippen LogP contribution is -2.42. The normalized spacial score (nSPS) is 19.0. The van der Waals surface area contributed by atoms with Crippen LogP contribution in [0, 0.1) is 5.92 Å². The average Bonchev–Trinajstić information content (AvgIpc) is 3.27. The number of anilines is 1. The lowest BCUT2D eigenvalue weighted by Gasteiger charge is -2.27. The van der Waals surface area contributed by atoms with Gasteiger partial charge in [0, 0.05) is 22.7 Å². The number of hydrogen-bond acceptors (Lipinski definition) is 4. The summed E-state index contributed by atoms with van der Waals surface area (Å²) in [7, 11) is 0. The number of nitrogens with zero attached hydrogens (tertiary/aromatic N) is 2. The van der Waals surface area contributed by atoms with Crippen molar-refractivity contribution in [1.82, 2.24) is 0 Å². The standard InChI is InChI=1S/C25H27ClN2O3/c1-2-31-22(29)14-15-28-21-13-12-19(26)16-20(21)23(17-8-4-3-5-9-17)27-24(25(28)30)18-10-6-7-11-18/h3-5,8-9,12-13,16,18,24H,2,6-7,10-11,14-15H2,1H3/t24-/m0/s1. The molecule has 1 heterocycles. The summed E-state index contributed by atoms with van der Waals surface area (Å²) < 4.78 is 5.10. The highest BCUT2D eigenvalue weighted by molar-refractivity contribution is 6.32. The first-order chi connectivity index (χ1) is 15.1. The van der Waals surface area contributed by atoms with Crippen molar-refractivity contribution in [3.8, 4) is 0 Å². The van der Waals surface area contributed by atoms with Gasteiger partial charge in [-0.2, -0.15) is 0 Å². The van der Waals surface area contributed by atoms with Crippen LogP contribution in [0.25, 0.3) is 0 Å². The van der Waals surface area contributed by atoms with E-state index in [9.17, 15) is 9.59 Å². The fraction of sp³-hybridized carbons (Fsp3) is 0.400. The van der Waals surface area contributed by atoms with Crippen LogP contribution in [0.4, 0.5) is 5.69 Å². The molecule has 2 aromatic rings. The topological polar surface area (TPSA) is 59.0 Å². The Hall–Kier alpha value is -2.66. The van der Waals surface area contributed by atoms with E-state index >= 15 is 0 Å². The van der Waals surface area contributed by atoms with E-state index in [1.807, 2.05) is 42.5 Å². The Kier molecular flexibility index (Phi) is 6.71. The molecule has 0 bridgehead atoms. The number of benzodiazepines with no additional fused rings is 1. The van der Waals surface area contributed by atoms with Crippen molar-refractivity contribution >= 4 is 34.9 Å². The summed E-state index contributed by atoms with van der Waals surface area (Å²) in [5, 5.41) is 0.583. The Morgan fingerprint density at radius 3 is 2.61 bits per heavy atom. The molecule has 0 spiro atoms. The van der Waals surface area contributed by atoms with Crippen LogP contribution in [-0.2, 0) is 14.3 Å². The number of halogens is 1. The summed E-state index contributed by atoms with van der Waals surface area (Å²) in [5.74, 6) is -0.150. The molecule has 1 amide bonds. The summed E-state index contributed by atoms with van der Waals surface area (Å²) in [6.07, 6.45) is 4.35. The number of esters is 1. The second-order valence-corrected chi connectivity index (χ2v) is 8.48. The Bertz CT molecular complexity index is 984. The van der Waals surface area contributed by atoms with Gasteiger partial charge >= 0.3 is 5.97 Å². The van der Waals surface area contributed by atoms with Crippen LogP contribution in [0.1, 0.15) is 50.2 Å². The van der Waals surface area contributed by atoms with Crippen LogP contribution in [0.3, 0.4) is 0 Å². The highest BCUT2D eigenvalue weighted by Gasteiger charge is 2.38. The van der Waals surface area contributed by atoms with E-state index in [4.69, 9.17) is 21.3 Å². The van der Waals surface area contributed by atoms with Gasteiger partial charge in [-0.15, -0.1) is 0 Å². The molecule has 1 saturated carbocycles. The Morgan fingerprint density at radius 2 is 1.90 bits per heavy atom. The second kappa shape index (κ2) is 9.65. The van der Waals surface area contributed by atoms with Gasteiger partial charge in [-0.05, 0) is 43.9 Å². The van der Waals surface area contributed by atoms with Crippen LogP contribution in [-0.4, -0.2) is 36.8 Å². The molecule has 4 rings (SSSR count). The lowest BCUT2D eigenvalue weighted by atomic mass is 9.97. The highest BCUT2D eigenvalue weighted by Crippen LogP contribution is 2.36. The first kappa shape index (κ1) is 21.6. The highest BCUT2D eigenvalue weighted by atomic mass is 35.5.